The van der Waals surface area contributed by atoms with E-state index in [2.05, 4.69) is 15.8 Å². The van der Waals surface area contributed by atoms with Crippen LogP contribution < -0.4 is 10.9 Å². The van der Waals surface area contributed by atoms with Gasteiger partial charge in [-0.15, -0.1) is 0 Å². The number of hydrogen-bond acceptors (Lipinski definition) is 5. The Morgan fingerprint density at radius 1 is 1.40 bits per heavy atom. The van der Waals surface area contributed by atoms with E-state index in [1.807, 2.05) is 12.1 Å². The van der Waals surface area contributed by atoms with E-state index < -0.39 is 0 Å². The molecule has 4 fully saturated rings. The van der Waals surface area contributed by atoms with Crippen LogP contribution in [0.1, 0.15) is 32.1 Å². The zero-order chi connectivity index (χ0) is 13.6. The standard InChI is InChI=1S/C14H19ClN4O/c15-12-2-1-7-16-13(12)18-19-17-9-14(20-19)8-10-3-5-11(14)6-4-10/h1-2,7,10-11,17H,3-6,8-9H2,(H,16,18)/t10?,11?,14-/m0/s1. The number of rotatable bonds is 2. The Hall–Kier alpha value is -0.880. The molecule has 6 heteroatoms. The monoisotopic (exact) mass is 294 g/mol. The lowest BCUT2D eigenvalue weighted by molar-refractivity contribution is -0.235. The largest absolute Gasteiger partial charge is 0.264 e. The molecule has 1 aliphatic heterocycles. The number of hydrogen-bond donors (Lipinski definition) is 2. The summed E-state index contributed by atoms with van der Waals surface area (Å²) in [6, 6.07) is 3.62. The minimum absolute atomic E-state index is 0.0323. The van der Waals surface area contributed by atoms with Crippen molar-refractivity contribution in [2.24, 2.45) is 11.8 Å². The molecule has 2 N–H and O–H groups in total. The van der Waals surface area contributed by atoms with Crippen molar-refractivity contribution in [3.8, 4) is 0 Å². The van der Waals surface area contributed by atoms with Crippen molar-refractivity contribution in [2.75, 3.05) is 12.0 Å². The van der Waals surface area contributed by atoms with Crippen molar-refractivity contribution in [3.05, 3.63) is 23.4 Å². The van der Waals surface area contributed by atoms with E-state index in [1.165, 1.54) is 32.1 Å². The second-order valence-corrected chi connectivity index (χ2v) is 6.56. The smallest absolute Gasteiger partial charge is 0.162 e. The molecule has 0 amide bonds. The normalized spacial score (nSPS) is 36.6. The maximum absolute atomic E-state index is 6.20. The van der Waals surface area contributed by atoms with Crippen LogP contribution in [0, 0.1) is 11.8 Å². The van der Waals surface area contributed by atoms with Crippen LogP contribution >= 0.6 is 11.6 Å². The van der Waals surface area contributed by atoms with Crippen molar-refractivity contribution in [3.63, 3.8) is 0 Å². The lowest BCUT2D eigenvalue weighted by Crippen LogP contribution is -2.50. The molecule has 20 heavy (non-hydrogen) atoms. The SMILES string of the molecule is Clc1cccnc1NN1NC[C@]2(CC3CCC2CC3)O1. The number of aromatic nitrogens is 1. The molecule has 2 heterocycles. The van der Waals surface area contributed by atoms with Crippen molar-refractivity contribution < 1.29 is 4.84 Å². The molecule has 1 aromatic rings. The van der Waals surface area contributed by atoms with Gasteiger partial charge in [0.2, 0.25) is 0 Å². The molecule has 4 aliphatic rings. The fourth-order valence-corrected chi connectivity index (χ4v) is 4.12. The molecule has 0 unspecified atom stereocenters. The maximum atomic E-state index is 6.20. The summed E-state index contributed by atoms with van der Waals surface area (Å²) in [7, 11) is 0. The summed E-state index contributed by atoms with van der Waals surface area (Å²) in [6.45, 7) is 0.867. The first-order valence-electron chi connectivity index (χ1n) is 7.35. The topological polar surface area (TPSA) is 49.4 Å². The number of nitrogens with zero attached hydrogens (tertiary/aromatic N) is 2. The fourth-order valence-electron chi connectivity index (χ4n) is 3.95. The highest BCUT2D eigenvalue weighted by Crippen LogP contribution is 2.50. The fraction of sp³-hybridized carbons (Fsp3) is 0.643. The zero-order valence-electron chi connectivity index (χ0n) is 11.3. The minimum atomic E-state index is -0.0323. The molecule has 1 atom stereocenters. The van der Waals surface area contributed by atoms with E-state index in [-0.39, 0.29) is 5.60 Å². The summed E-state index contributed by atoms with van der Waals surface area (Å²) >= 11 is 6.11. The van der Waals surface area contributed by atoms with Crippen LogP contribution in [-0.4, -0.2) is 22.4 Å². The van der Waals surface area contributed by atoms with Gasteiger partial charge < -0.3 is 0 Å². The van der Waals surface area contributed by atoms with Gasteiger partial charge in [0.05, 0.1) is 5.02 Å². The van der Waals surface area contributed by atoms with Gasteiger partial charge in [0.15, 0.2) is 5.82 Å². The number of halogens is 1. The number of anilines is 1. The van der Waals surface area contributed by atoms with Gasteiger partial charge >= 0.3 is 0 Å². The number of fused-ring (bicyclic) bond motifs is 2. The molecule has 5 nitrogen and oxygen atoms in total. The molecule has 1 spiro atoms. The summed E-state index contributed by atoms with van der Waals surface area (Å²) < 4.78 is 0. The second-order valence-electron chi connectivity index (χ2n) is 6.15. The third-order valence-corrected chi connectivity index (χ3v) is 5.29. The Kier molecular flexibility index (Phi) is 3.11. The van der Waals surface area contributed by atoms with Gasteiger partial charge in [-0.1, -0.05) is 11.6 Å². The van der Waals surface area contributed by atoms with Crippen LogP contribution in [0.5, 0.6) is 0 Å². The van der Waals surface area contributed by atoms with Crippen molar-refractivity contribution in [1.82, 2.24) is 15.7 Å². The third-order valence-electron chi connectivity index (χ3n) is 4.99. The zero-order valence-corrected chi connectivity index (χ0v) is 12.1. The first-order valence-corrected chi connectivity index (χ1v) is 7.73. The van der Waals surface area contributed by atoms with Crippen molar-refractivity contribution in [1.29, 1.82) is 0 Å². The maximum Gasteiger partial charge on any atom is 0.162 e. The Morgan fingerprint density at radius 2 is 2.25 bits per heavy atom. The first kappa shape index (κ1) is 12.8. The average Bonchev–Trinajstić information content (AvgIpc) is 2.85. The summed E-state index contributed by atoms with van der Waals surface area (Å²) in [5.41, 5.74) is 6.34. The lowest BCUT2D eigenvalue weighted by atomic mass is 9.62. The van der Waals surface area contributed by atoms with Crippen molar-refractivity contribution in [2.45, 2.75) is 37.7 Å². The van der Waals surface area contributed by atoms with E-state index >= 15 is 0 Å². The van der Waals surface area contributed by atoms with E-state index in [9.17, 15) is 0 Å². The van der Waals surface area contributed by atoms with Crippen LogP contribution in [0.25, 0.3) is 0 Å². The van der Waals surface area contributed by atoms with Crippen LogP contribution in [0.2, 0.25) is 5.02 Å². The van der Waals surface area contributed by atoms with Gasteiger partial charge in [-0.05, 0) is 61.4 Å². The molecule has 1 saturated heterocycles. The molecular weight excluding hydrogens is 276 g/mol. The number of pyridine rings is 1. The molecule has 0 aromatic carbocycles. The molecule has 3 saturated carbocycles. The van der Waals surface area contributed by atoms with E-state index in [4.69, 9.17) is 16.4 Å². The molecule has 108 valence electrons. The van der Waals surface area contributed by atoms with Crippen LogP contribution in [0.3, 0.4) is 0 Å². The first-order chi connectivity index (χ1) is 9.75. The molecule has 2 bridgehead atoms. The minimum Gasteiger partial charge on any atom is -0.264 e. The van der Waals surface area contributed by atoms with E-state index in [1.54, 1.807) is 11.5 Å². The highest BCUT2D eigenvalue weighted by atomic mass is 35.5. The lowest BCUT2D eigenvalue weighted by Gasteiger charge is -2.47. The van der Waals surface area contributed by atoms with Gasteiger partial charge in [0.1, 0.15) is 5.60 Å². The summed E-state index contributed by atoms with van der Waals surface area (Å²) in [5.74, 6) is 2.12. The molecule has 5 rings (SSSR count). The molecule has 1 aromatic heterocycles. The quantitative estimate of drug-likeness (QED) is 0.878. The van der Waals surface area contributed by atoms with E-state index in [0.29, 0.717) is 16.8 Å². The Labute approximate surface area is 123 Å². The van der Waals surface area contributed by atoms with Crippen LogP contribution in [0.4, 0.5) is 5.82 Å². The summed E-state index contributed by atoms with van der Waals surface area (Å²) in [6.07, 6.45) is 8.21. The summed E-state index contributed by atoms with van der Waals surface area (Å²) in [5, 5.41) is 2.18. The van der Waals surface area contributed by atoms with E-state index in [0.717, 1.165) is 12.5 Å². The highest BCUT2D eigenvalue weighted by molar-refractivity contribution is 6.32. The Balaban J connectivity index is 1.47. The third kappa shape index (κ3) is 2.09. The average molecular weight is 295 g/mol. The molecule has 3 aliphatic carbocycles. The molecule has 0 radical (unpaired) electrons. The van der Waals surface area contributed by atoms with Crippen LogP contribution in [-0.2, 0) is 4.84 Å². The number of hydrazine groups is 2. The van der Waals surface area contributed by atoms with Crippen LogP contribution in [0.15, 0.2) is 18.3 Å². The molecular formula is C14H19ClN4O. The van der Waals surface area contributed by atoms with Gasteiger partial charge in [-0.2, -0.15) is 0 Å². The predicted molar refractivity (Wildman–Crippen MR) is 76.6 cm³/mol. The van der Waals surface area contributed by atoms with Gasteiger partial charge in [0, 0.05) is 12.7 Å². The van der Waals surface area contributed by atoms with Gasteiger partial charge in [-0.3, -0.25) is 10.3 Å². The van der Waals surface area contributed by atoms with Gasteiger partial charge in [-0.25, -0.2) is 10.4 Å². The second kappa shape index (κ2) is 4.84. The highest BCUT2D eigenvalue weighted by Gasteiger charge is 2.52. The predicted octanol–water partition coefficient (Wildman–Crippen LogP) is 2.76. The Morgan fingerprint density at radius 3 is 2.95 bits per heavy atom. The summed E-state index contributed by atoms with van der Waals surface area (Å²) in [4.78, 5) is 10.4. The van der Waals surface area contributed by atoms with Gasteiger partial charge in [0.25, 0.3) is 0 Å². The number of nitrogens with one attached hydrogen (secondary N) is 2. The van der Waals surface area contributed by atoms with Crippen molar-refractivity contribution >= 4 is 17.4 Å². The Bertz CT molecular complexity index is 506.